The molecule has 0 saturated heterocycles. The van der Waals surface area contributed by atoms with Crippen molar-refractivity contribution in [3.63, 3.8) is 0 Å². The molecule has 0 amide bonds. The Balaban J connectivity index is 2.98. The lowest BCUT2D eigenvalue weighted by molar-refractivity contribution is 0.0977. The van der Waals surface area contributed by atoms with E-state index in [1.165, 1.54) is 6.92 Å². The highest BCUT2D eigenvalue weighted by atomic mass is 16.5. The molecule has 0 unspecified atom stereocenters. The third-order valence-electron chi connectivity index (χ3n) is 2.07. The molecule has 0 aromatic carbocycles. The number of aromatic nitrogens is 1. The largest absolute Gasteiger partial charge is 0.352 e. The Morgan fingerprint density at radius 3 is 2.87 bits per heavy atom. The minimum atomic E-state index is -0.0808. The summed E-state index contributed by atoms with van der Waals surface area (Å²) in [5, 5.41) is 3.86. The number of rotatable bonds is 5. The summed E-state index contributed by atoms with van der Waals surface area (Å²) in [6, 6.07) is 0. The highest BCUT2D eigenvalue weighted by Crippen LogP contribution is 2.17. The summed E-state index contributed by atoms with van der Waals surface area (Å²) >= 11 is 0. The highest BCUT2D eigenvalue weighted by Gasteiger charge is 2.15. The normalized spacial score (nSPS) is 10.8. The van der Waals surface area contributed by atoms with Crippen molar-refractivity contribution in [2.45, 2.75) is 26.7 Å². The molecular formula is C12H15NO2. The number of Topliss-reactive ketones (excluding diaryl/α,β-unsaturated/α-hetero) is 1. The van der Waals surface area contributed by atoms with E-state index in [4.69, 9.17) is 4.52 Å². The number of carbonyl (C=O) groups excluding carboxylic acids is 1. The van der Waals surface area contributed by atoms with E-state index < -0.39 is 0 Å². The minimum Gasteiger partial charge on any atom is -0.352 e. The van der Waals surface area contributed by atoms with Gasteiger partial charge in [-0.3, -0.25) is 4.79 Å². The standard InChI is InChI=1S/C12H15NO2/c1-4-6-7-8-11-10(5-2)12(9(3)14)15-13-11/h4,7-8H,1,5-6H2,2-3H3/b8-7-. The molecule has 1 aromatic heterocycles. The highest BCUT2D eigenvalue weighted by molar-refractivity contribution is 5.93. The molecule has 0 atom stereocenters. The molecule has 15 heavy (non-hydrogen) atoms. The van der Waals surface area contributed by atoms with Gasteiger partial charge in [0.05, 0.1) is 0 Å². The van der Waals surface area contributed by atoms with Crippen LogP contribution in [-0.4, -0.2) is 10.9 Å². The molecule has 0 fully saturated rings. The Kier molecular flexibility index (Phi) is 4.03. The van der Waals surface area contributed by atoms with Gasteiger partial charge in [-0.25, -0.2) is 0 Å². The van der Waals surface area contributed by atoms with Crippen LogP contribution in [0, 0.1) is 0 Å². The zero-order chi connectivity index (χ0) is 11.3. The van der Waals surface area contributed by atoms with Crippen molar-refractivity contribution in [1.29, 1.82) is 0 Å². The molecule has 3 heteroatoms. The molecule has 0 aliphatic carbocycles. The molecule has 3 nitrogen and oxygen atoms in total. The second-order valence-electron chi connectivity index (χ2n) is 3.21. The fraction of sp³-hybridized carbons (Fsp3) is 0.333. The SMILES string of the molecule is C=CC/C=C\c1noc(C(C)=O)c1CC. The van der Waals surface area contributed by atoms with Gasteiger partial charge in [0.2, 0.25) is 5.76 Å². The first-order valence-corrected chi connectivity index (χ1v) is 4.97. The Morgan fingerprint density at radius 1 is 1.60 bits per heavy atom. The van der Waals surface area contributed by atoms with Crippen molar-refractivity contribution in [2.24, 2.45) is 0 Å². The van der Waals surface area contributed by atoms with E-state index in [1.807, 2.05) is 19.1 Å². The summed E-state index contributed by atoms with van der Waals surface area (Å²) in [7, 11) is 0. The van der Waals surface area contributed by atoms with Gasteiger partial charge < -0.3 is 4.52 Å². The molecule has 1 heterocycles. The summed E-state index contributed by atoms with van der Waals surface area (Å²) in [4.78, 5) is 11.2. The minimum absolute atomic E-state index is 0.0808. The van der Waals surface area contributed by atoms with Crippen LogP contribution in [0.4, 0.5) is 0 Å². The molecule has 0 aliphatic rings. The van der Waals surface area contributed by atoms with E-state index >= 15 is 0 Å². The van der Waals surface area contributed by atoms with E-state index in [0.717, 1.165) is 24.1 Å². The number of carbonyl (C=O) groups is 1. The smallest absolute Gasteiger partial charge is 0.205 e. The van der Waals surface area contributed by atoms with Crippen molar-refractivity contribution in [2.75, 3.05) is 0 Å². The van der Waals surface area contributed by atoms with Crippen molar-refractivity contribution < 1.29 is 9.32 Å². The van der Waals surface area contributed by atoms with Gasteiger partial charge in [0.15, 0.2) is 5.78 Å². The van der Waals surface area contributed by atoms with Crippen LogP contribution in [0.1, 0.15) is 42.1 Å². The van der Waals surface area contributed by atoms with Crippen LogP contribution in [0.2, 0.25) is 0 Å². The van der Waals surface area contributed by atoms with Crippen LogP contribution in [0.15, 0.2) is 23.3 Å². The number of ketones is 1. The van der Waals surface area contributed by atoms with E-state index in [-0.39, 0.29) is 5.78 Å². The fourth-order valence-corrected chi connectivity index (χ4v) is 1.35. The second-order valence-corrected chi connectivity index (χ2v) is 3.21. The molecule has 80 valence electrons. The molecule has 0 N–H and O–H groups in total. The predicted octanol–water partition coefficient (Wildman–Crippen LogP) is 3.03. The van der Waals surface area contributed by atoms with E-state index in [9.17, 15) is 4.79 Å². The Bertz CT molecular complexity index is 388. The Morgan fingerprint density at radius 2 is 2.33 bits per heavy atom. The summed E-state index contributed by atoms with van der Waals surface area (Å²) in [5.41, 5.74) is 1.62. The monoisotopic (exact) mass is 205 g/mol. The topological polar surface area (TPSA) is 43.1 Å². The molecule has 0 spiro atoms. The maximum Gasteiger partial charge on any atom is 0.205 e. The fourth-order valence-electron chi connectivity index (χ4n) is 1.35. The molecule has 0 radical (unpaired) electrons. The zero-order valence-electron chi connectivity index (χ0n) is 9.12. The Labute approximate surface area is 89.5 Å². The number of nitrogens with zero attached hydrogens (tertiary/aromatic N) is 1. The maximum absolute atomic E-state index is 11.2. The average molecular weight is 205 g/mol. The molecule has 0 aliphatic heterocycles. The van der Waals surface area contributed by atoms with Crippen molar-refractivity contribution in [3.8, 4) is 0 Å². The quantitative estimate of drug-likeness (QED) is 0.548. The zero-order valence-corrected chi connectivity index (χ0v) is 9.12. The third kappa shape index (κ3) is 2.65. The van der Waals surface area contributed by atoms with Gasteiger partial charge in [-0.1, -0.05) is 24.2 Å². The van der Waals surface area contributed by atoms with Crippen LogP contribution < -0.4 is 0 Å². The van der Waals surface area contributed by atoms with Crippen LogP contribution in [0.3, 0.4) is 0 Å². The maximum atomic E-state index is 11.2. The van der Waals surface area contributed by atoms with E-state index in [2.05, 4.69) is 11.7 Å². The van der Waals surface area contributed by atoms with Crippen molar-refractivity contribution in [1.82, 2.24) is 5.16 Å². The lowest BCUT2D eigenvalue weighted by atomic mass is 10.1. The van der Waals surface area contributed by atoms with Gasteiger partial charge in [-0.2, -0.15) is 0 Å². The van der Waals surface area contributed by atoms with Crippen molar-refractivity contribution in [3.05, 3.63) is 35.7 Å². The first kappa shape index (κ1) is 11.4. The molecule has 1 aromatic rings. The van der Waals surface area contributed by atoms with Crippen LogP contribution in [0.5, 0.6) is 0 Å². The van der Waals surface area contributed by atoms with Crippen LogP contribution in [-0.2, 0) is 6.42 Å². The number of hydrogen-bond acceptors (Lipinski definition) is 3. The first-order valence-electron chi connectivity index (χ1n) is 4.97. The molecule has 0 saturated carbocycles. The van der Waals surface area contributed by atoms with Gasteiger partial charge in [0.1, 0.15) is 5.69 Å². The van der Waals surface area contributed by atoms with Crippen LogP contribution >= 0.6 is 0 Å². The van der Waals surface area contributed by atoms with Gasteiger partial charge >= 0.3 is 0 Å². The van der Waals surface area contributed by atoms with E-state index in [0.29, 0.717) is 5.76 Å². The molecule has 0 bridgehead atoms. The second kappa shape index (κ2) is 5.29. The third-order valence-corrected chi connectivity index (χ3v) is 2.07. The van der Waals surface area contributed by atoms with Gasteiger partial charge in [0.25, 0.3) is 0 Å². The lowest BCUT2D eigenvalue weighted by Crippen LogP contribution is -1.95. The predicted molar refractivity (Wildman–Crippen MR) is 59.7 cm³/mol. The van der Waals surface area contributed by atoms with Crippen LogP contribution in [0.25, 0.3) is 6.08 Å². The molecule has 1 rings (SSSR count). The van der Waals surface area contributed by atoms with E-state index in [1.54, 1.807) is 6.08 Å². The number of allylic oxidation sites excluding steroid dienone is 2. The van der Waals surface area contributed by atoms with Gasteiger partial charge in [0, 0.05) is 12.5 Å². The average Bonchev–Trinajstić information content (AvgIpc) is 2.61. The first-order chi connectivity index (χ1) is 7.20. The lowest BCUT2D eigenvalue weighted by Gasteiger charge is -1.93. The number of hydrogen-bond donors (Lipinski definition) is 0. The van der Waals surface area contributed by atoms with Crippen molar-refractivity contribution >= 4 is 11.9 Å². The Hall–Kier alpha value is -1.64. The summed E-state index contributed by atoms with van der Waals surface area (Å²) < 4.78 is 5.00. The summed E-state index contributed by atoms with van der Waals surface area (Å²) in [6.07, 6.45) is 7.12. The summed E-state index contributed by atoms with van der Waals surface area (Å²) in [5.74, 6) is 0.290. The summed E-state index contributed by atoms with van der Waals surface area (Å²) in [6.45, 7) is 7.08. The van der Waals surface area contributed by atoms with Gasteiger partial charge in [-0.05, 0) is 18.9 Å². The van der Waals surface area contributed by atoms with Gasteiger partial charge in [-0.15, -0.1) is 6.58 Å². The molecular weight excluding hydrogens is 190 g/mol.